The Morgan fingerprint density at radius 2 is 1.70 bits per heavy atom. The molecule has 0 spiro atoms. The topological polar surface area (TPSA) is 166 Å². The van der Waals surface area contributed by atoms with Crippen molar-refractivity contribution in [1.82, 2.24) is 30.3 Å². The molecule has 0 bridgehead atoms. The van der Waals surface area contributed by atoms with Crippen LogP contribution in [-0.2, 0) is 9.59 Å². The van der Waals surface area contributed by atoms with Crippen molar-refractivity contribution in [3.05, 3.63) is 87.2 Å². The average molecular weight is 838 g/mol. The molecule has 4 aliphatic rings. The van der Waals surface area contributed by atoms with E-state index in [9.17, 15) is 24.4 Å². The molecule has 8 rings (SSSR count). The molecule has 4 fully saturated rings. The second-order valence-corrected chi connectivity index (χ2v) is 18.1. The quantitative estimate of drug-likeness (QED) is 0.216. The van der Waals surface area contributed by atoms with Gasteiger partial charge in [-0.15, -0.1) is 0 Å². The highest BCUT2D eigenvalue weighted by molar-refractivity contribution is 6.31. The van der Waals surface area contributed by atoms with Gasteiger partial charge >= 0.3 is 0 Å². The van der Waals surface area contributed by atoms with Gasteiger partial charge in [0.15, 0.2) is 11.6 Å². The fraction of sp³-hybridized carbons (Fsp3) is 0.477. The van der Waals surface area contributed by atoms with Crippen molar-refractivity contribution >= 4 is 51.6 Å². The molecule has 1 saturated carbocycles. The van der Waals surface area contributed by atoms with E-state index in [-0.39, 0.29) is 47.8 Å². The molecule has 2 N–H and O–H groups in total. The highest BCUT2D eigenvalue weighted by Crippen LogP contribution is 2.55. The predicted octanol–water partition coefficient (Wildman–Crippen LogP) is 5.08. The predicted molar refractivity (Wildman–Crippen MR) is 225 cm³/mol. The number of nitrogens with one attached hydrogen (secondary N) is 2. The number of benzene rings is 2. The fourth-order valence-electron chi connectivity index (χ4n) is 9.97. The smallest absolute Gasteiger partial charge is 0.275 e. The number of imide groups is 1. The number of carbonyl (C=O) groups is 3. The van der Waals surface area contributed by atoms with Gasteiger partial charge in [-0.3, -0.25) is 29.4 Å². The molecule has 5 heterocycles. The molecule has 314 valence electrons. The van der Waals surface area contributed by atoms with Crippen LogP contribution in [0, 0.1) is 33.9 Å². The fourth-order valence-corrected chi connectivity index (χ4v) is 10.2. The van der Waals surface area contributed by atoms with Crippen LogP contribution in [0.4, 0.5) is 15.9 Å². The first-order valence-corrected chi connectivity index (χ1v) is 20.9. The molecule has 60 heavy (non-hydrogen) atoms. The SMILES string of the molecule is CC1(C)[C@H](NC(=O)c2cnc(N3CCC(CN4CCN(c5ccc6c(=O)n([C@H]7CCC(=O)NC7=O)ncc6c5)CC4)CC3)c(F)c2)C(C)(C)[C@H]1Oc1ccc(C#N)c(Cl)c1. The number of hydrogen-bond acceptors (Lipinski definition) is 11. The number of piperazine rings is 1. The molecule has 2 aromatic carbocycles. The lowest BCUT2D eigenvalue weighted by molar-refractivity contribution is -0.164. The molecule has 3 amide bonds. The number of carbonyl (C=O) groups excluding carboxylic acids is 3. The van der Waals surface area contributed by atoms with Gasteiger partial charge in [-0.05, 0) is 61.6 Å². The lowest BCUT2D eigenvalue weighted by Gasteiger charge is -2.63. The molecular formula is C44H49ClFN9O5. The molecule has 1 aliphatic carbocycles. The first-order chi connectivity index (χ1) is 28.6. The maximum absolute atomic E-state index is 15.6. The number of halogens is 2. The summed E-state index contributed by atoms with van der Waals surface area (Å²) in [4.78, 5) is 61.8. The van der Waals surface area contributed by atoms with E-state index < -0.39 is 34.5 Å². The summed E-state index contributed by atoms with van der Waals surface area (Å²) in [6.07, 6.45) is 5.02. The standard InChI is InChI=1S/C44H49ClFN9O5/c1-43(2)41(44(3,4)42(43)60-31-7-5-27(22-47)33(45)21-31)51-38(57)29-20-34(46)37(48-23-29)54-13-11-26(12-14-54)25-52-15-17-53(18-16-52)30-6-8-32-28(19-30)24-49-55(40(32)59)35-9-10-36(56)50-39(35)58/h5-8,19-21,23-24,26,35,41-42H,9-18,25H2,1-4H3,(H,51,57)(H,50,56,58)/t35-,41-,42-/m0/s1. The maximum Gasteiger partial charge on any atom is 0.275 e. The van der Waals surface area contributed by atoms with Gasteiger partial charge in [-0.25, -0.2) is 14.1 Å². The number of hydrogen-bond donors (Lipinski definition) is 2. The van der Waals surface area contributed by atoms with Gasteiger partial charge in [0, 0.05) is 92.4 Å². The van der Waals surface area contributed by atoms with E-state index in [0.717, 1.165) is 51.3 Å². The summed E-state index contributed by atoms with van der Waals surface area (Å²) in [5, 5.41) is 20.4. The molecule has 0 radical (unpaired) electrons. The number of anilines is 2. The number of fused-ring (bicyclic) bond motifs is 1. The van der Waals surface area contributed by atoms with E-state index in [2.05, 4.69) is 30.5 Å². The Hall–Kier alpha value is -5.59. The minimum absolute atomic E-state index is 0.161. The van der Waals surface area contributed by atoms with Gasteiger partial charge in [0.05, 0.1) is 27.7 Å². The summed E-state index contributed by atoms with van der Waals surface area (Å²) in [5.41, 5.74) is 0.262. The Balaban J connectivity index is 0.808. The van der Waals surface area contributed by atoms with Gasteiger partial charge in [-0.1, -0.05) is 39.3 Å². The van der Waals surface area contributed by atoms with Crippen molar-refractivity contribution in [2.75, 3.05) is 55.6 Å². The average Bonchev–Trinajstić information content (AvgIpc) is 3.22. The van der Waals surface area contributed by atoms with Crippen molar-refractivity contribution in [2.45, 2.75) is 71.6 Å². The van der Waals surface area contributed by atoms with Gasteiger partial charge < -0.3 is 19.9 Å². The van der Waals surface area contributed by atoms with E-state index in [0.29, 0.717) is 46.1 Å². The van der Waals surface area contributed by atoms with Crippen molar-refractivity contribution < 1.29 is 23.5 Å². The van der Waals surface area contributed by atoms with E-state index >= 15 is 4.39 Å². The molecule has 16 heteroatoms. The largest absolute Gasteiger partial charge is 0.489 e. The van der Waals surface area contributed by atoms with Crippen LogP contribution in [0.2, 0.25) is 5.02 Å². The third-order valence-corrected chi connectivity index (χ3v) is 13.3. The third-order valence-electron chi connectivity index (χ3n) is 13.0. The van der Waals surface area contributed by atoms with Crippen molar-refractivity contribution in [2.24, 2.45) is 16.7 Å². The molecule has 1 atom stereocenters. The second-order valence-electron chi connectivity index (χ2n) is 17.7. The number of pyridine rings is 1. The Morgan fingerprint density at radius 3 is 2.37 bits per heavy atom. The lowest BCUT2D eigenvalue weighted by Crippen LogP contribution is -2.74. The van der Waals surface area contributed by atoms with Gasteiger partial charge in [0.1, 0.15) is 24.0 Å². The number of piperidine rings is 2. The third kappa shape index (κ3) is 7.78. The minimum atomic E-state index is -0.802. The molecular weight excluding hydrogens is 789 g/mol. The Kier molecular flexibility index (Phi) is 11.1. The van der Waals surface area contributed by atoms with Crippen molar-refractivity contribution in [3.63, 3.8) is 0 Å². The van der Waals surface area contributed by atoms with Crippen LogP contribution in [0.1, 0.15) is 75.3 Å². The molecule has 4 aromatic rings. The zero-order valence-electron chi connectivity index (χ0n) is 34.2. The van der Waals surface area contributed by atoms with E-state index in [4.69, 9.17) is 16.3 Å². The Morgan fingerprint density at radius 1 is 0.967 bits per heavy atom. The van der Waals surface area contributed by atoms with Crippen LogP contribution >= 0.6 is 11.6 Å². The number of amides is 3. The summed E-state index contributed by atoms with van der Waals surface area (Å²) in [5.74, 6) is -0.488. The number of ether oxygens (including phenoxy) is 1. The van der Waals surface area contributed by atoms with E-state index in [1.54, 1.807) is 30.5 Å². The second kappa shape index (κ2) is 16.1. The summed E-state index contributed by atoms with van der Waals surface area (Å²) in [7, 11) is 0. The number of nitriles is 1. The maximum atomic E-state index is 15.6. The number of nitrogens with zero attached hydrogens (tertiary/aromatic N) is 7. The molecule has 3 saturated heterocycles. The minimum Gasteiger partial charge on any atom is -0.489 e. The number of rotatable bonds is 9. The number of aromatic nitrogens is 3. The van der Waals surface area contributed by atoms with Crippen LogP contribution in [0.5, 0.6) is 5.75 Å². The van der Waals surface area contributed by atoms with Crippen LogP contribution in [0.15, 0.2) is 59.7 Å². The molecule has 3 aliphatic heterocycles. The summed E-state index contributed by atoms with van der Waals surface area (Å²) < 4.78 is 23.1. The monoisotopic (exact) mass is 837 g/mol. The van der Waals surface area contributed by atoms with Gasteiger partial charge in [0.25, 0.3) is 17.4 Å². The first kappa shape index (κ1) is 41.2. The van der Waals surface area contributed by atoms with Crippen LogP contribution in [0.3, 0.4) is 0 Å². The van der Waals surface area contributed by atoms with E-state index in [1.807, 2.05) is 50.8 Å². The highest BCUT2D eigenvalue weighted by atomic mass is 35.5. The van der Waals surface area contributed by atoms with Gasteiger partial charge in [0.2, 0.25) is 5.91 Å². The highest BCUT2D eigenvalue weighted by Gasteiger charge is 2.64. The lowest BCUT2D eigenvalue weighted by atomic mass is 9.49. The molecule has 2 aromatic heterocycles. The molecule has 0 unspecified atom stereocenters. The first-order valence-electron chi connectivity index (χ1n) is 20.5. The summed E-state index contributed by atoms with van der Waals surface area (Å²) in [6, 6.07) is 12.9. The summed E-state index contributed by atoms with van der Waals surface area (Å²) >= 11 is 6.23. The zero-order valence-corrected chi connectivity index (χ0v) is 35.0. The zero-order chi connectivity index (χ0) is 42.5. The summed E-state index contributed by atoms with van der Waals surface area (Å²) in [6.45, 7) is 13.8. The van der Waals surface area contributed by atoms with Crippen LogP contribution < -0.4 is 30.7 Å². The molecule has 14 nitrogen and oxygen atoms in total. The Labute approximate surface area is 352 Å². The normalized spacial score (nSPS) is 23.1. The van der Waals surface area contributed by atoms with Crippen LogP contribution in [-0.4, -0.2) is 95.3 Å². The van der Waals surface area contributed by atoms with Crippen LogP contribution in [0.25, 0.3) is 10.8 Å². The van der Waals surface area contributed by atoms with Crippen molar-refractivity contribution in [1.29, 1.82) is 5.26 Å². The van der Waals surface area contributed by atoms with Gasteiger partial charge in [-0.2, -0.15) is 10.4 Å². The van der Waals surface area contributed by atoms with Crippen molar-refractivity contribution in [3.8, 4) is 11.8 Å². The van der Waals surface area contributed by atoms with E-state index in [1.165, 1.54) is 16.9 Å². The Bertz CT molecular complexity index is 2440.